The van der Waals surface area contributed by atoms with Crippen molar-refractivity contribution in [2.45, 2.75) is 64.8 Å². The summed E-state index contributed by atoms with van der Waals surface area (Å²) >= 11 is 0.971. The van der Waals surface area contributed by atoms with E-state index in [-0.39, 0.29) is 15.1 Å². The molecular formula is C18H27N7O9S2. The normalized spacial score (nSPS) is 18.7. The van der Waals surface area contributed by atoms with E-state index in [2.05, 4.69) is 26.3 Å². The van der Waals surface area contributed by atoms with Gasteiger partial charge in [0.25, 0.3) is 17.7 Å². The number of hydrogen-bond acceptors (Lipinski definition) is 12. The van der Waals surface area contributed by atoms with E-state index >= 15 is 0 Å². The number of aromatic nitrogens is 1. The minimum absolute atomic E-state index is 0.0517. The van der Waals surface area contributed by atoms with Gasteiger partial charge in [0.2, 0.25) is 5.60 Å². The number of ether oxygens (including phenoxy) is 1. The lowest BCUT2D eigenvalue weighted by molar-refractivity contribution is -0.144. The molecule has 0 aliphatic carbocycles. The maximum atomic E-state index is 12.9. The molecule has 1 aromatic heterocycles. The summed E-state index contributed by atoms with van der Waals surface area (Å²) in [7, 11) is -4.80. The van der Waals surface area contributed by atoms with E-state index in [0.29, 0.717) is 0 Å². The molecule has 16 nitrogen and oxygen atoms in total. The zero-order chi connectivity index (χ0) is 27.6. The Bertz CT molecular complexity index is 1190. The van der Waals surface area contributed by atoms with Crippen LogP contribution in [0.4, 0.5) is 9.93 Å². The number of carbonyl (C=O) groups excluding carboxylic acids is 4. The molecule has 1 fully saturated rings. The number of nitrogens with one attached hydrogen (secondary N) is 3. The molecular weight excluding hydrogens is 522 g/mol. The molecule has 2 heterocycles. The Morgan fingerprint density at radius 3 is 2.31 bits per heavy atom. The lowest BCUT2D eigenvalue weighted by atomic mass is 10.0. The number of rotatable bonds is 7. The van der Waals surface area contributed by atoms with Gasteiger partial charge in [-0.3, -0.25) is 24.4 Å². The Labute approximate surface area is 210 Å². The summed E-state index contributed by atoms with van der Waals surface area (Å²) in [5.41, 5.74) is 6.70. The Balaban J connectivity index is 2.16. The summed E-state index contributed by atoms with van der Waals surface area (Å²) in [6.45, 7) is 8.76. The van der Waals surface area contributed by atoms with Crippen molar-refractivity contribution in [1.29, 1.82) is 0 Å². The lowest BCUT2D eigenvalue weighted by Crippen LogP contribution is -2.71. The van der Waals surface area contributed by atoms with Crippen LogP contribution >= 0.6 is 11.3 Å². The number of nitrogens with zero attached hydrogens (tertiary/aromatic N) is 3. The van der Waals surface area contributed by atoms with Crippen molar-refractivity contribution in [2.75, 3.05) is 5.73 Å². The second-order valence-corrected chi connectivity index (χ2v) is 11.2. The van der Waals surface area contributed by atoms with Gasteiger partial charge < -0.3 is 20.6 Å². The number of nitrogen functional groups attached to an aromatic ring is 1. The maximum Gasteiger partial charge on any atom is 0.426 e. The second kappa shape index (κ2) is 10.2. The summed E-state index contributed by atoms with van der Waals surface area (Å²) < 4.78 is 36.9. The van der Waals surface area contributed by atoms with Crippen LogP contribution in [-0.2, 0) is 34.3 Å². The molecule has 4 amide bonds. The molecule has 2 atom stereocenters. The van der Waals surface area contributed by atoms with Crippen LogP contribution in [-0.4, -0.2) is 75.1 Å². The van der Waals surface area contributed by atoms with E-state index in [9.17, 15) is 27.6 Å². The highest BCUT2D eigenvalue weighted by molar-refractivity contribution is 7.84. The van der Waals surface area contributed by atoms with Gasteiger partial charge in [0, 0.05) is 5.38 Å². The number of carbonyl (C=O) groups is 4. The first-order valence-corrected chi connectivity index (χ1v) is 12.5. The standard InChI is InChI=1S/C18H27N7O9S2/c1-8-10(13(27)25(8)36(30,31)32)21-12(26)11(9-7-35-15(19)20-9)24-34-18(5,6)14(28)22-23-16(29)33-17(2,3)4/h7-8,10H,1-6H3,(H2,19,20)(H,21,26)(H,22,28)(H,23,29)(H,30,31,32)/t8-,10-/m0/s1. The van der Waals surface area contributed by atoms with E-state index in [0.717, 1.165) is 11.3 Å². The molecule has 1 saturated heterocycles. The Morgan fingerprint density at radius 1 is 1.22 bits per heavy atom. The van der Waals surface area contributed by atoms with Gasteiger partial charge in [-0.2, -0.15) is 8.42 Å². The molecule has 0 unspecified atom stereocenters. The number of hydrogen-bond donors (Lipinski definition) is 5. The van der Waals surface area contributed by atoms with Crippen molar-refractivity contribution in [3.8, 4) is 0 Å². The van der Waals surface area contributed by atoms with Gasteiger partial charge in [-0.25, -0.2) is 19.5 Å². The first kappa shape index (κ1) is 28.7. The molecule has 1 aliphatic rings. The van der Waals surface area contributed by atoms with Crippen LogP contribution in [0.25, 0.3) is 0 Å². The minimum atomic E-state index is -4.80. The molecule has 0 aromatic carbocycles. The smallest absolute Gasteiger partial charge is 0.426 e. The van der Waals surface area contributed by atoms with Crippen molar-refractivity contribution in [3.05, 3.63) is 11.1 Å². The summed E-state index contributed by atoms with van der Waals surface area (Å²) in [4.78, 5) is 58.4. The molecule has 36 heavy (non-hydrogen) atoms. The monoisotopic (exact) mass is 549 g/mol. The molecule has 200 valence electrons. The van der Waals surface area contributed by atoms with E-state index in [1.165, 1.54) is 26.2 Å². The molecule has 2 rings (SSSR count). The average Bonchev–Trinajstić information content (AvgIpc) is 3.13. The van der Waals surface area contributed by atoms with Crippen LogP contribution < -0.4 is 21.9 Å². The molecule has 0 radical (unpaired) electrons. The number of β-lactam (4-membered cyclic amide) rings is 1. The topological polar surface area (TPSA) is 232 Å². The van der Waals surface area contributed by atoms with Crippen molar-refractivity contribution in [2.24, 2.45) is 5.16 Å². The van der Waals surface area contributed by atoms with Crippen molar-refractivity contribution < 1.29 is 41.7 Å². The quantitative estimate of drug-likeness (QED) is 0.123. The van der Waals surface area contributed by atoms with Gasteiger partial charge in [0.05, 0.1) is 6.04 Å². The van der Waals surface area contributed by atoms with Crippen LogP contribution in [0, 0.1) is 0 Å². The number of oxime groups is 1. The summed E-state index contributed by atoms with van der Waals surface area (Å²) in [6.07, 6.45) is -0.925. The van der Waals surface area contributed by atoms with E-state index < -0.39 is 63.1 Å². The highest BCUT2D eigenvalue weighted by atomic mass is 32.2. The number of hydrazine groups is 1. The zero-order valence-corrected chi connectivity index (χ0v) is 21.8. The van der Waals surface area contributed by atoms with Crippen molar-refractivity contribution in [1.82, 2.24) is 25.5 Å². The lowest BCUT2D eigenvalue weighted by Gasteiger charge is -2.42. The van der Waals surface area contributed by atoms with Gasteiger partial charge in [-0.05, 0) is 41.5 Å². The summed E-state index contributed by atoms with van der Waals surface area (Å²) in [5.74, 6) is -2.92. The molecule has 0 spiro atoms. The maximum absolute atomic E-state index is 12.9. The molecule has 1 aromatic rings. The van der Waals surface area contributed by atoms with Crippen LogP contribution in [0.1, 0.15) is 47.2 Å². The van der Waals surface area contributed by atoms with Gasteiger partial charge in [-0.15, -0.1) is 11.3 Å². The largest absolute Gasteiger partial charge is 0.443 e. The number of anilines is 1. The average molecular weight is 550 g/mol. The van der Waals surface area contributed by atoms with Gasteiger partial charge in [0.1, 0.15) is 17.3 Å². The fraction of sp³-hybridized carbons (Fsp3) is 0.556. The fourth-order valence-electron chi connectivity index (χ4n) is 2.68. The second-order valence-electron chi connectivity index (χ2n) is 9.00. The first-order chi connectivity index (χ1) is 16.3. The van der Waals surface area contributed by atoms with Crippen LogP contribution in [0.5, 0.6) is 0 Å². The van der Waals surface area contributed by atoms with Crippen LogP contribution in [0.3, 0.4) is 0 Å². The predicted molar refractivity (Wildman–Crippen MR) is 126 cm³/mol. The van der Waals surface area contributed by atoms with Crippen molar-refractivity contribution in [3.63, 3.8) is 0 Å². The third-order valence-electron chi connectivity index (χ3n) is 4.44. The third kappa shape index (κ3) is 7.01. The van der Waals surface area contributed by atoms with Crippen molar-refractivity contribution >= 4 is 56.3 Å². The van der Waals surface area contributed by atoms with Gasteiger partial charge in [-0.1, -0.05) is 5.16 Å². The molecule has 0 bridgehead atoms. The van der Waals surface area contributed by atoms with Crippen LogP contribution in [0.15, 0.2) is 10.5 Å². The fourth-order valence-corrected chi connectivity index (χ4v) is 4.11. The molecule has 1 aliphatic heterocycles. The summed E-state index contributed by atoms with van der Waals surface area (Å²) in [6, 6.07) is -2.38. The Kier molecular flexibility index (Phi) is 8.16. The summed E-state index contributed by atoms with van der Waals surface area (Å²) in [5, 5.41) is 7.44. The highest BCUT2D eigenvalue weighted by Crippen LogP contribution is 2.23. The number of thiazole rings is 1. The Hall–Kier alpha value is -3.51. The third-order valence-corrected chi connectivity index (χ3v) is 6.12. The molecule has 0 saturated carbocycles. The number of amides is 4. The van der Waals surface area contributed by atoms with E-state index in [1.807, 2.05) is 0 Å². The minimum Gasteiger partial charge on any atom is -0.443 e. The van der Waals surface area contributed by atoms with Gasteiger partial charge in [0.15, 0.2) is 10.8 Å². The zero-order valence-electron chi connectivity index (χ0n) is 20.2. The highest BCUT2D eigenvalue weighted by Gasteiger charge is 2.51. The van der Waals surface area contributed by atoms with E-state index in [1.54, 1.807) is 20.8 Å². The number of nitrogens with two attached hydrogens (primary N) is 1. The van der Waals surface area contributed by atoms with Gasteiger partial charge >= 0.3 is 16.4 Å². The SMILES string of the molecule is C[C@H]1[C@H](NC(=O)C(=NOC(C)(C)C(=O)NNC(=O)OC(C)(C)C)c2csc(N)n2)C(=O)N1S(=O)(=O)O. The molecule has 6 N–H and O–H groups in total. The van der Waals surface area contributed by atoms with E-state index in [4.69, 9.17) is 19.9 Å². The first-order valence-electron chi connectivity index (χ1n) is 10.2. The predicted octanol–water partition coefficient (Wildman–Crippen LogP) is -0.701. The molecule has 18 heteroatoms. The van der Waals surface area contributed by atoms with Crippen LogP contribution in [0.2, 0.25) is 0 Å². The Morgan fingerprint density at radius 2 is 1.83 bits per heavy atom.